The average Bonchev–Trinajstić information content (AvgIpc) is 2.73. The molecule has 0 N–H and O–H groups in total. The number of amides is 2. The molecule has 6 heteroatoms. The van der Waals surface area contributed by atoms with Gasteiger partial charge in [-0.15, -0.1) is 0 Å². The predicted molar refractivity (Wildman–Crippen MR) is 109 cm³/mol. The van der Waals surface area contributed by atoms with Crippen LogP contribution in [0.1, 0.15) is 42.1 Å². The number of nitrogens with zero attached hydrogens (tertiary/aromatic N) is 2. The summed E-state index contributed by atoms with van der Waals surface area (Å²) < 4.78 is 10.6. The van der Waals surface area contributed by atoms with E-state index in [9.17, 15) is 9.59 Å². The van der Waals surface area contributed by atoms with E-state index >= 15 is 0 Å². The maximum Gasteiger partial charge on any atom is 0.265 e. The highest BCUT2D eigenvalue weighted by molar-refractivity contribution is 6.29. The number of benzene rings is 2. The number of fused-ring (bicyclic) bond motifs is 1. The second-order valence-corrected chi connectivity index (χ2v) is 6.64. The van der Waals surface area contributed by atoms with Gasteiger partial charge in [-0.25, -0.2) is 4.90 Å². The highest BCUT2D eigenvalue weighted by Crippen LogP contribution is 2.36. The molecule has 1 aliphatic heterocycles. The van der Waals surface area contributed by atoms with E-state index in [2.05, 4.69) is 4.99 Å². The van der Waals surface area contributed by atoms with Gasteiger partial charge in [0.15, 0.2) is 11.5 Å². The first-order chi connectivity index (χ1) is 13.5. The number of imide groups is 1. The molecule has 0 radical (unpaired) electrons. The van der Waals surface area contributed by atoms with Crippen LogP contribution in [0.25, 0.3) is 0 Å². The molecule has 1 unspecified atom stereocenters. The normalized spacial score (nSPS) is 17.6. The Morgan fingerprint density at radius 1 is 1.11 bits per heavy atom. The number of anilines is 1. The molecule has 0 fully saturated rings. The van der Waals surface area contributed by atoms with Crippen molar-refractivity contribution < 1.29 is 19.1 Å². The van der Waals surface area contributed by atoms with Crippen molar-refractivity contribution in [3.05, 3.63) is 53.6 Å². The molecule has 3 rings (SSSR count). The molecule has 2 aromatic carbocycles. The summed E-state index contributed by atoms with van der Waals surface area (Å²) in [5.74, 6) is -0.331. The molecule has 2 atom stereocenters. The van der Waals surface area contributed by atoms with Gasteiger partial charge in [0.25, 0.3) is 5.91 Å². The van der Waals surface area contributed by atoms with Crippen LogP contribution in [0.5, 0.6) is 11.5 Å². The SMILES string of the molecule is CC[C@@H](C)N=CC1C(=O)N(c2ccc(OC)c(OC)c2)C(=O)c2ccccc21. The Labute approximate surface area is 164 Å². The molecule has 0 spiro atoms. The molecule has 2 aromatic rings. The van der Waals surface area contributed by atoms with Crippen molar-refractivity contribution in [2.45, 2.75) is 32.2 Å². The third-order valence-corrected chi connectivity index (χ3v) is 4.92. The Bertz CT molecular complexity index is 923. The van der Waals surface area contributed by atoms with Gasteiger partial charge in [0.2, 0.25) is 5.91 Å². The number of carbonyl (C=O) groups excluding carboxylic acids is 2. The molecule has 0 bridgehead atoms. The molecular weight excluding hydrogens is 356 g/mol. The standard InChI is InChI=1S/C22H24N2O4/c1-5-14(2)23-13-18-16-8-6-7-9-17(16)21(25)24(22(18)26)15-10-11-19(27-3)20(12-15)28-4/h6-14,18H,5H2,1-4H3/t14-,18?/m1/s1. The number of aliphatic imine (C=N–C) groups is 1. The van der Waals surface area contributed by atoms with Crippen molar-refractivity contribution in [2.75, 3.05) is 19.1 Å². The van der Waals surface area contributed by atoms with Crippen molar-refractivity contribution in [2.24, 2.45) is 4.99 Å². The van der Waals surface area contributed by atoms with Crippen LogP contribution in [0.4, 0.5) is 5.69 Å². The molecule has 146 valence electrons. The minimum Gasteiger partial charge on any atom is -0.493 e. The van der Waals surface area contributed by atoms with Gasteiger partial charge in [0, 0.05) is 23.9 Å². The van der Waals surface area contributed by atoms with Gasteiger partial charge in [0.05, 0.1) is 25.8 Å². The highest BCUT2D eigenvalue weighted by Gasteiger charge is 2.39. The Morgan fingerprint density at radius 2 is 1.82 bits per heavy atom. The number of carbonyl (C=O) groups is 2. The minimum absolute atomic E-state index is 0.104. The molecule has 1 aliphatic rings. The van der Waals surface area contributed by atoms with Crippen molar-refractivity contribution >= 4 is 23.7 Å². The summed E-state index contributed by atoms with van der Waals surface area (Å²) in [5, 5.41) is 0. The van der Waals surface area contributed by atoms with Crippen LogP contribution in [0.2, 0.25) is 0 Å². The van der Waals surface area contributed by atoms with E-state index in [-0.39, 0.29) is 17.9 Å². The Kier molecular flexibility index (Phi) is 5.78. The van der Waals surface area contributed by atoms with Crippen LogP contribution in [-0.4, -0.2) is 38.3 Å². The van der Waals surface area contributed by atoms with Crippen LogP contribution in [0, 0.1) is 0 Å². The van der Waals surface area contributed by atoms with E-state index in [1.54, 1.807) is 36.5 Å². The average molecular weight is 380 g/mol. The Balaban J connectivity index is 2.09. The number of hydrogen-bond acceptors (Lipinski definition) is 5. The molecule has 1 heterocycles. The van der Waals surface area contributed by atoms with Crippen LogP contribution in [0.15, 0.2) is 47.5 Å². The summed E-state index contributed by atoms with van der Waals surface area (Å²) >= 11 is 0. The fourth-order valence-corrected chi connectivity index (χ4v) is 3.15. The van der Waals surface area contributed by atoms with E-state index in [1.807, 2.05) is 26.0 Å². The van der Waals surface area contributed by atoms with Crippen molar-refractivity contribution in [3.63, 3.8) is 0 Å². The first kappa shape index (κ1) is 19.6. The summed E-state index contributed by atoms with van der Waals surface area (Å²) in [7, 11) is 3.05. The van der Waals surface area contributed by atoms with Gasteiger partial charge in [-0.2, -0.15) is 0 Å². The zero-order valence-electron chi connectivity index (χ0n) is 16.5. The van der Waals surface area contributed by atoms with Crippen molar-refractivity contribution in [1.82, 2.24) is 0 Å². The number of ether oxygens (including phenoxy) is 2. The summed E-state index contributed by atoms with van der Waals surface area (Å²) in [4.78, 5) is 32.1. The van der Waals surface area contributed by atoms with E-state index < -0.39 is 5.92 Å². The summed E-state index contributed by atoms with van der Waals surface area (Å²) in [6.07, 6.45) is 2.53. The molecule has 6 nitrogen and oxygen atoms in total. The smallest absolute Gasteiger partial charge is 0.265 e. The minimum atomic E-state index is -0.615. The second kappa shape index (κ2) is 8.25. The fourth-order valence-electron chi connectivity index (χ4n) is 3.15. The van der Waals surface area contributed by atoms with E-state index in [0.29, 0.717) is 28.3 Å². The van der Waals surface area contributed by atoms with Gasteiger partial charge in [-0.1, -0.05) is 25.1 Å². The van der Waals surface area contributed by atoms with Crippen molar-refractivity contribution in [3.8, 4) is 11.5 Å². The number of hydrogen-bond donors (Lipinski definition) is 0. The van der Waals surface area contributed by atoms with Crippen LogP contribution in [-0.2, 0) is 4.79 Å². The number of methoxy groups -OCH3 is 2. The molecule has 2 amide bonds. The summed E-state index contributed by atoms with van der Waals surface area (Å²) in [5.41, 5.74) is 1.61. The second-order valence-electron chi connectivity index (χ2n) is 6.64. The van der Waals surface area contributed by atoms with E-state index in [4.69, 9.17) is 9.47 Å². The molecule has 0 aliphatic carbocycles. The predicted octanol–water partition coefficient (Wildman–Crippen LogP) is 3.84. The molecule has 0 saturated carbocycles. The lowest BCUT2D eigenvalue weighted by atomic mass is 9.88. The molecule has 0 aromatic heterocycles. The Morgan fingerprint density at radius 3 is 2.50 bits per heavy atom. The lowest BCUT2D eigenvalue weighted by Crippen LogP contribution is -2.45. The fraction of sp³-hybridized carbons (Fsp3) is 0.318. The van der Waals surface area contributed by atoms with Gasteiger partial charge in [-0.3, -0.25) is 14.6 Å². The maximum absolute atomic E-state index is 13.3. The van der Waals surface area contributed by atoms with E-state index in [0.717, 1.165) is 6.42 Å². The molecule has 0 saturated heterocycles. The van der Waals surface area contributed by atoms with Crippen molar-refractivity contribution in [1.29, 1.82) is 0 Å². The van der Waals surface area contributed by atoms with Crippen LogP contribution in [0.3, 0.4) is 0 Å². The van der Waals surface area contributed by atoms with Crippen LogP contribution < -0.4 is 14.4 Å². The zero-order valence-corrected chi connectivity index (χ0v) is 16.5. The summed E-state index contributed by atoms with van der Waals surface area (Å²) in [6.45, 7) is 4.03. The van der Waals surface area contributed by atoms with E-state index in [1.165, 1.54) is 19.1 Å². The first-order valence-electron chi connectivity index (χ1n) is 9.24. The topological polar surface area (TPSA) is 68.2 Å². The number of rotatable bonds is 6. The third kappa shape index (κ3) is 3.50. The van der Waals surface area contributed by atoms with Gasteiger partial charge < -0.3 is 9.47 Å². The lowest BCUT2D eigenvalue weighted by molar-refractivity contribution is -0.118. The lowest BCUT2D eigenvalue weighted by Gasteiger charge is -2.31. The maximum atomic E-state index is 13.3. The third-order valence-electron chi connectivity index (χ3n) is 4.92. The van der Waals surface area contributed by atoms with Gasteiger partial charge in [-0.05, 0) is 37.1 Å². The quantitative estimate of drug-likeness (QED) is 0.564. The monoisotopic (exact) mass is 380 g/mol. The zero-order chi connectivity index (χ0) is 20.3. The Hall–Kier alpha value is -3.15. The van der Waals surface area contributed by atoms with Gasteiger partial charge >= 0.3 is 0 Å². The van der Waals surface area contributed by atoms with Crippen LogP contribution >= 0.6 is 0 Å². The van der Waals surface area contributed by atoms with Gasteiger partial charge in [0.1, 0.15) is 0 Å². The largest absolute Gasteiger partial charge is 0.493 e. The summed E-state index contributed by atoms with van der Waals surface area (Å²) in [6, 6.07) is 12.3. The highest BCUT2D eigenvalue weighted by atomic mass is 16.5. The molecular formula is C22H24N2O4. The first-order valence-corrected chi connectivity index (χ1v) is 9.24. The molecule has 28 heavy (non-hydrogen) atoms.